The summed E-state index contributed by atoms with van der Waals surface area (Å²) < 4.78 is 5.44. The lowest BCUT2D eigenvalue weighted by Crippen LogP contribution is -2.38. The Morgan fingerprint density at radius 1 is 1.41 bits per heavy atom. The van der Waals surface area contributed by atoms with Crippen LogP contribution >= 0.6 is 0 Å². The molecule has 1 aliphatic carbocycles. The molecule has 3 rings (SSSR count). The van der Waals surface area contributed by atoms with Crippen molar-refractivity contribution in [2.75, 3.05) is 19.8 Å². The molecule has 0 spiro atoms. The van der Waals surface area contributed by atoms with Gasteiger partial charge in [0.05, 0.1) is 6.61 Å². The summed E-state index contributed by atoms with van der Waals surface area (Å²) in [4.78, 5) is 0. The van der Waals surface area contributed by atoms with Crippen molar-refractivity contribution in [3.8, 4) is 0 Å². The third-order valence-corrected chi connectivity index (χ3v) is 4.32. The van der Waals surface area contributed by atoms with Gasteiger partial charge in [0, 0.05) is 25.1 Å². The van der Waals surface area contributed by atoms with Gasteiger partial charge >= 0.3 is 0 Å². The van der Waals surface area contributed by atoms with Crippen LogP contribution in [0.3, 0.4) is 0 Å². The number of rotatable bonds is 4. The minimum Gasteiger partial charge on any atom is -0.381 e. The van der Waals surface area contributed by atoms with E-state index in [0.717, 1.165) is 25.7 Å². The Bertz CT molecular complexity index is 384. The molecular weight excluding hydrogens is 210 g/mol. The van der Waals surface area contributed by atoms with Gasteiger partial charge in [-0.3, -0.25) is 0 Å². The third-order valence-electron chi connectivity index (χ3n) is 4.32. The molecule has 0 bridgehead atoms. The van der Waals surface area contributed by atoms with E-state index in [0.29, 0.717) is 12.0 Å². The van der Waals surface area contributed by atoms with E-state index in [1.807, 2.05) is 0 Å². The summed E-state index contributed by atoms with van der Waals surface area (Å²) in [5, 5.41) is 3.69. The van der Waals surface area contributed by atoms with E-state index < -0.39 is 0 Å². The first kappa shape index (κ1) is 11.2. The molecule has 1 aromatic rings. The second-order valence-corrected chi connectivity index (χ2v) is 5.42. The Morgan fingerprint density at radius 2 is 2.29 bits per heavy atom. The summed E-state index contributed by atoms with van der Waals surface area (Å²) in [5.74, 6) is 1.45. The predicted octanol–water partition coefficient (Wildman–Crippen LogP) is 2.34. The first-order chi connectivity index (χ1) is 8.34. The van der Waals surface area contributed by atoms with Crippen molar-refractivity contribution in [2.24, 2.45) is 5.92 Å². The molecule has 2 nitrogen and oxygen atoms in total. The quantitative estimate of drug-likeness (QED) is 0.859. The van der Waals surface area contributed by atoms with Crippen molar-refractivity contribution in [3.63, 3.8) is 0 Å². The van der Waals surface area contributed by atoms with E-state index in [-0.39, 0.29) is 0 Å². The molecule has 0 radical (unpaired) electrons. The Kier molecular flexibility index (Phi) is 3.17. The highest BCUT2D eigenvalue weighted by Crippen LogP contribution is 2.34. The average Bonchev–Trinajstić information content (AvgIpc) is 2.83. The maximum atomic E-state index is 5.44. The van der Waals surface area contributed by atoms with Crippen molar-refractivity contribution in [2.45, 2.75) is 31.7 Å². The molecule has 0 amide bonds. The molecule has 1 heterocycles. The zero-order chi connectivity index (χ0) is 11.7. The lowest BCUT2D eigenvalue weighted by Gasteiger charge is -2.32. The summed E-state index contributed by atoms with van der Waals surface area (Å²) in [5.41, 5.74) is 3.09. The van der Waals surface area contributed by atoms with Crippen LogP contribution in [0.25, 0.3) is 0 Å². The van der Waals surface area contributed by atoms with Crippen LogP contribution < -0.4 is 5.32 Å². The Hall–Kier alpha value is -0.860. The van der Waals surface area contributed by atoms with Gasteiger partial charge in [-0.1, -0.05) is 24.3 Å². The zero-order valence-electron chi connectivity index (χ0n) is 10.5. The van der Waals surface area contributed by atoms with Crippen LogP contribution in [-0.2, 0) is 11.2 Å². The standard InChI is InChI=1S/C15H21NO/c1-11(13-6-7-17-10-13)16-9-14-8-12-4-2-3-5-15(12)14/h2-5,11,13-14,16H,6-10H2,1H3. The molecule has 1 N–H and O–H groups in total. The number of ether oxygens (including phenoxy) is 1. The molecule has 92 valence electrons. The van der Waals surface area contributed by atoms with Crippen LogP contribution in [0.5, 0.6) is 0 Å². The lowest BCUT2D eigenvalue weighted by molar-refractivity contribution is 0.178. The normalized spacial score (nSPS) is 28.5. The molecule has 3 atom stereocenters. The van der Waals surface area contributed by atoms with E-state index >= 15 is 0 Å². The van der Waals surface area contributed by atoms with Crippen LogP contribution in [0, 0.1) is 5.92 Å². The molecule has 1 saturated heterocycles. The largest absolute Gasteiger partial charge is 0.381 e. The first-order valence-electron chi connectivity index (χ1n) is 6.73. The highest BCUT2D eigenvalue weighted by molar-refractivity contribution is 5.40. The summed E-state index contributed by atoms with van der Waals surface area (Å²) >= 11 is 0. The molecule has 1 aliphatic heterocycles. The van der Waals surface area contributed by atoms with Gasteiger partial charge in [0.25, 0.3) is 0 Å². The second kappa shape index (κ2) is 4.79. The number of hydrogen-bond donors (Lipinski definition) is 1. The van der Waals surface area contributed by atoms with Crippen molar-refractivity contribution in [1.82, 2.24) is 5.32 Å². The van der Waals surface area contributed by atoms with Crippen LogP contribution in [0.1, 0.15) is 30.4 Å². The number of nitrogens with one attached hydrogen (secondary N) is 1. The van der Waals surface area contributed by atoms with E-state index in [4.69, 9.17) is 4.74 Å². The first-order valence-corrected chi connectivity index (χ1v) is 6.73. The fourth-order valence-corrected chi connectivity index (χ4v) is 2.99. The molecule has 0 saturated carbocycles. The number of hydrogen-bond acceptors (Lipinski definition) is 2. The van der Waals surface area contributed by atoms with E-state index in [1.165, 1.54) is 18.4 Å². The van der Waals surface area contributed by atoms with E-state index in [2.05, 4.69) is 36.5 Å². The minimum absolute atomic E-state index is 0.588. The molecule has 17 heavy (non-hydrogen) atoms. The van der Waals surface area contributed by atoms with Gasteiger partial charge in [0.2, 0.25) is 0 Å². The Balaban J connectivity index is 1.50. The zero-order valence-corrected chi connectivity index (χ0v) is 10.5. The van der Waals surface area contributed by atoms with Gasteiger partial charge in [-0.25, -0.2) is 0 Å². The van der Waals surface area contributed by atoms with Gasteiger partial charge in [0.15, 0.2) is 0 Å². The maximum absolute atomic E-state index is 5.44. The molecule has 1 aromatic carbocycles. The fraction of sp³-hybridized carbons (Fsp3) is 0.600. The lowest BCUT2D eigenvalue weighted by atomic mass is 9.77. The fourth-order valence-electron chi connectivity index (χ4n) is 2.99. The average molecular weight is 231 g/mol. The Labute approximate surface area is 103 Å². The van der Waals surface area contributed by atoms with Crippen molar-refractivity contribution in [3.05, 3.63) is 35.4 Å². The van der Waals surface area contributed by atoms with Gasteiger partial charge in [-0.15, -0.1) is 0 Å². The molecule has 1 fully saturated rings. The molecule has 0 aromatic heterocycles. The SMILES string of the molecule is CC(NCC1Cc2ccccc21)C1CCOC1. The summed E-state index contributed by atoms with van der Waals surface area (Å²) in [6.07, 6.45) is 2.46. The van der Waals surface area contributed by atoms with Crippen molar-refractivity contribution in [1.29, 1.82) is 0 Å². The number of fused-ring (bicyclic) bond motifs is 1. The Morgan fingerprint density at radius 3 is 3.06 bits per heavy atom. The molecule has 2 aliphatic rings. The minimum atomic E-state index is 0.588. The van der Waals surface area contributed by atoms with Crippen LogP contribution in [0.4, 0.5) is 0 Å². The van der Waals surface area contributed by atoms with Gasteiger partial charge in [-0.05, 0) is 36.8 Å². The van der Waals surface area contributed by atoms with Gasteiger partial charge in [0.1, 0.15) is 0 Å². The van der Waals surface area contributed by atoms with Crippen LogP contribution in [0.15, 0.2) is 24.3 Å². The van der Waals surface area contributed by atoms with Gasteiger partial charge < -0.3 is 10.1 Å². The molecule has 3 unspecified atom stereocenters. The van der Waals surface area contributed by atoms with Gasteiger partial charge in [-0.2, -0.15) is 0 Å². The third kappa shape index (κ3) is 2.24. The summed E-state index contributed by atoms with van der Waals surface area (Å²) in [6.45, 7) is 5.30. The summed E-state index contributed by atoms with van der Waals surface area (Å²) in [6, 6.07) is 9.40. The predicted molar refractivity (Wildman–Crippen MR) is 69.3 cm³/mol. The van der Waals surface area contributed by atoms with E-state index in [9.17, 15) is 0 Å². The molecule has 2 heteroatoms. The highest BCUT2D eigenvalue weighted by atomic mass is 16.5. The van der Waals surface area contributed by atoms with Crippen LogP contribution in [-0.4, -0.2) is 25.8 Å². The van der Waals surface area contributed by atoms with Crippen molar-refractivity contribution >= 4 is 0 Å². The second-order valence-electron chi connectivity index (χ2n) is 5.42. The number of benzene rings is 1. The smallest absolute Gasteiger partial charge is 0.0509 e. The van der Waals surface area contributed by atoms with Crippen LogP contribution in [0.2, 0.25) is 0 Å². The monoisotopic (exact) mass is 231 g/mol. The molecular formula is C15H21NO. The topological polar surface area (TPSA) is 21.3 Å². The highest BCUT2D eigenvalue weighted by Gasteiger charge is 2.27. The maximum Gasteiger partial charge on any atom is 0.0509 e. The summed E-state index contributed by atoms with van der Waals surface area (Å²) in [7, 11) is 0. The van der Waals surface area contributed by atoms with Crippen molar-refractivity contribution < 1.29 is 4.74 Å². The van der Waals surface area contributed by atoms with E-state index in [1.54, 1.807) is 5.56 Å².